The molecular weight excluding hydrogens is 234 g/mol. The Balaban J connectivity index is 1.55. The molecule has 2 aliphatic rings. The van der Waals surface area contributed by atoms with Gasteiger partial charge < -0.3 is 10.1 Å². The van der Waals surface area contributed by atoms with E-state index in [1.165, 1.54) is 51.4 Å². The zero-order valence-electron chi connectivity index (χ0n) is 13.2. The molecule has 112 valence electrons. The van der Waals surface area contributed by atoms with Crippen molar-refractivity contribution in [3.05, 3.63) is 0 Å². The molecule has 2 saturated carbocycles. The Labute approximate surface area is 119 Å². The van der Waals surface area contributed by atoms with Gasteiger partial charge in [-0.15, -0.1) is 0 Å². The minimum Gasteiger partial charge on any atom is -0.377 e. The first-order valence-corrected chi connectivity index (χ1v) is 8.42. The predicted molar refractivity (Wildman–Crippen MR) is 81.4 cm³/mol. The second-order valence-corrected chi connectivity index (χ2v) is 7.56. The standard InChI is InChI=1S/C17H33NO/c1-14-6-4-5-7-16(14)18-12-13-19-15-8-10-17(2,3)11-9-15/h14-16,18H,4-13H2,1-3H3. The van der Waals surface area contributed by atoms with E-state index in [1.807, 2.05) is 0 Å². The van der Waals surface area contributed by atoms with Gasteiger partial charge in [0.05, 0.1) is 12.7 Å². The molecule has 0 saturated heterocycles. The molecule has 2 atom stereocenters. The molecular formula is C17H33NO. The van der Waals surface area contributed by atoms with Crippen LogP contribution in [0.15, 0.2) is 0 Å². The Kier molecular flexibility index (Phi) is 5.70. The molecule has 2 fully saturated rings. The first kappa shape index (κ1) is 15.3. The number of ether oxygens (including phenoxy) is 1. The third-order valence-corrected chi connectivity index (χ3v) is 5.26. The molecule has 1 N–H and O–H groups in total. The highest BCUT2D eigenvalue weighted by Crippen LogP contribution is 2.36. The van der Waals surface area contributed by atoms with Crippen molar-refractivity contribution in [3.8, 4) is 0 Å². The summed E-state index contributed by atoms with van der Waals surface area (Å²) in [5.41, 5.74) is 0.551. The molecule has 0 radical (unpaired) electrons. The summed E-state index contributed by atoms with van der Waals surface area (Å²) in [6.07, 6.45) is 11.3. The van der Waals surface area contributed by atoms with E-state index in [0.717, 1.165) is 25.1 Å². The Hall–Kier alpha value is -0.0800. The van der Waals surface area contributed by atoms with Gasteiger partial charge in [0.25, 0.3) is 0 Å². The van der Waals surface area contributed by atoms with Crippen molar-refractivity contribution in [2.24, 2.45) is 11.3 Å². The quantitative estimate of drug-likeness (QED) is 0.756. The molecule has 0 heterocycles. The monoisotopic (exact) mass is 267 g/mol. The average molecular weight is 267 g/mol. The molecule has 0 bridgehead atoms. The molecule has 0 aromatic heterocycles. The molecule has 19 heavy (non-hydrogen) atoms. The fourth-order valence-electron chi connectivity index (χ4n) is 3.63. The van der Waals surface area contributed by atoms with Crippen LogP contribution in [0.4, 0.5) is 0 Å². The normalized spacial score (nSPS) is 32.4. The van der Waals surface area contributed by atoms with Crippen molar-refractivity contribution >= 4 is 0 Å². The maximum atomic E-state index is 6.04. The highest BCUT2D eigenvalue weighted by molar-refractivity contribution is 4.80. The summed E-state index contributed by atoms with van der Waals surface area (Å²) in [7, 11) is 0. The second-order valence-electron chi connectivity index (χ2n) is 7.56. The molecule has 2 nitrogen and oxygen atoms in total. The van der Waals surface area contributed by atoms with Crippen molar-refractivity contribution < 1.29 is 4.74 Å². The molecule has 0 spiro atoms. The van der Waals surface area contributed by atoms with Gasteiger partial charge in [-0.05, 0) is 49.9 Å². The SMILES string of the molecule is CC1CCCCC1NCCOC1CCC(C)(C)CC1. The molecule has 2 aliphatic carbocycles. The van der Waals surface area contributed by atoms with E-state index >= 15 is 0 Å². The fourth-order valence-corrected chi connectivity index (χ4v) is 3.63. The van der Waals surface area contributed by atoms with Crippen LogP contribution >= 0.6 is 0 Å². The Morgan fingerprint density at radius 3 is 2.42 bits per heavy atom. The van der Waals surface area contributed by atoms with Crippen LogP contribution in [-0.4, -0.2) is 25.3 Å². The van der Waals surface area contributed by atoms with Crippen LogP contribution in [0.1, 0.15) is 72.1 Å². The first-order valence-electron chi connectivity index (χ1n) is 8.42. The lowest BCUT2D eigenvalue weighted by Crippen LogP contribution is -2.39. The second kappa shape index (κ2) is 7.08. The lowest BCUT2D eigenvalue weighted by atomic mass is 9.76. The summed E-state index contributed by atoms with van der Waals surface area (Å²) in [4.78, 5) is 0. The van der Waals surface area contributed by atoms with E-state index in [4.69, 9.17) is 4.74 Å². The van der Waals surface area contributed by atoms with E-state index in [9.17, 15) is 0 Å². The largest absolute Gasteiger partial charge is 0.377 e. The third kappa shape index (κ3) is 5.07. The minimum atomic E-state index is 0.526. The van der Waals surface area contributed by atoms with E-state index in [0.29, 0.717) is 11.5 Å². The predicted octanol–water partition coefficient (Wildman–Crippen LogP) is 4.14. The summed E-state index contributed by atoms with van der Waals surface area (Å²) in [5, 5.41) is 3.70. The summed E-state index contributed by atoms with van der Waals surface area (Å²) >= 11 is 0. The number of hydrogen-bond acceptors (Lipinski definition) is 2. The lowest BCUT2D eigenvalue weighted by Gasteiger charge is -2.34. The summed E-state index contributed by atoms with van der Waals surface area (Å²) in [5.74, 6) is 0.851. The zero-order chi connectivity index (χ0) is 13.7. The van der Waals surface area contributed by atoms with Crippen LogP contribution in [-0.2, 0) is 4.74 Å². The minimum absolute atomic E-state index is 0.526. The summed E-state index contributed by atoms with van der Waals surface area (Å²) in [6, 6.07) is 0.739. The van der Waals surface area contributed by atoms with Crippen molar-refractivity contribution in [1.82, 2.24) is 5.32 Å². The van der Waals surface area contributed by atoms with Gasteiger partial charge in [-0.25, -0.2) is 0 Å². The number of nitrogens with one attached hydrogen (secondary N) is 1. The Morgan fingerprint density at radius 1 is 1.05 bits per heavy atom. The van der Waals surface area contributed by atoms with Crippen molar-refractivity contribution in [3.63, 3.8) is 0 Å². The van der Waals surface area contributed by atoms with Gasteiger partial charge in [0.1, 0.15) is 0 Å². The molecule has 0 aliphatic heterocycles. The average Bonchev–Trinajstić information content (AvgIpc) is 2.38. The van der Waals surface area contributed by atoms with Gasteiger partial charge in [-0.3, -0.25) is 0 Å². The molecule has 2 heteroatoms. The van der Waals surface area contributed by atoms with Gasteiger partial charge in [-0.1, -0.05) is 33.6 Å². The molecule has 0 aromatic carbocycles. The van der Waals surface area contributed by atoms with Crippen molar-refractivity contribution in [2.75, 3.05) is 13.2 Å². The van der Waals surface area contributed by atoms with Gasteiger partial charge in [0.2, 0.25) is 0 Å². The molecule has 0 amide bonds. The van der Waals surface area contributed by atoms with Crippen LogP contribution in [0.25, 0.3) is 0 Å². The van der Waals surface area contributed by atoms with Gasteiger partial charge in [0, 0.05) is 12.6 Å². The van der Waals surface area contributed by atoms with Crippen LogP contribution in [0.2, 0.25) is 0 Å². The van der Waals surface area contributed by atoms with Crippen LogP contribution in [0.3, 0.4) is 0 Å². The molecule has 2 rings (SSSR count). The van der Waals surface area contributed by atoms with Crippen molar-refractivity contribution in [1.29, 1.82) is 0 Å². The van der Waals surface area contributed by atoms with Crippen LogP contribution < -0.4 is 5.32 Å². The molecule has 2 unspecified atom stereocenters. The summed E-state index contributed by atoms with van der Waals surface area (Å²) < 4.78 is 6.04. The van der Waals surface area contributed by atoms with Gasteiger partial charge in [0.15, 0.2) is 0 Å². The van der Waals surface area contributed by atoms with E-state index < -0.39 is 0 Å². The highest BCUT2D eigenvalue weighted by Gasteiger charge is 2.27. The zero-order valence-corrected chi connectivity index (χ0v) is 13.2. The fraction of sp³-hybridized carbons (Fsp3) is 1.00. The number of rotatable bonds is 5. The summed E-state index contributed by atoms with van der Waals surface area (Å²) in [6.45, 7) is 9.09. The van der Waals surface area contributed by atoms with Gasteiger partial charge in [-0.2, -0.15) is 0 Å². The van der Waals surface area contributed by atoms with Gasteiger partial charge >= 0.3 is 0 Å². The van der Waals surface area contributed by atoms with Crippen LogP contribution in [0.5, 0.6) is 0 Å². The molecule has 0 aromatic rings. The maximum absolute atomic E-state index is 6.04. The van der Waals surface area contributed by atoms with Crippen LogP contribution in [0, 0.1) is 11.3 Å². The van der Waals surface area contributed by atoms with E-state index in [2.05, 4.69) is 26.1 Å². The third-order valence-electron chi connectivity index (χ3n) is 5.26. The topological polar surface area (TPSA) is 21.3 Å². The van der Waals surface area contributed by atoms with Crippen molar-refractivity contribution in [2.45, 2.75) is 84.3 Å². The van der Waals surface area contributed by atoms with E-state index in [1.54, 1.807) is 0 Å². The Bertz CT molecular complexity index is 254. The number of hydrogen-bond donors (Lipinski definition) is 1. The Morgan fingerprint density at radius 2 is 1.74 bits per heavy atom. The smallest absolute Gasteiger partial charge is 0.0594 e. The van der Waals surface area contributed by atoms with E-state index in [-0.39, 0.29) is 0 Å². The maximum Gasteiger partial charge on any atom is 0.0594 e. The first-order chi connectivity index (χ1) is 9.07. The highest BCUT2D eigenvalue weighted by atomic mass is 16.5. The lowest BCUT2D eigenvalue weighted by molar-refractivity contribution is 0.00451.